The Morgan fingerprint density at radius 3 is 1.11 bits per heavy atom. The van der Waals surface area contributed by atoms with E-state index in [0.29, 0.717) is 0 Å². The Labute approximate surface area is 234 Å². The van der Waals surface area contributed by atoms with Crippen LogP contribution in [0.4, 0.5) is 0 Å². The minimum atomic E-state index is -0.0479. The molecule has 216 valence electrons. The van der Waals surface area contributed by atoms with Crippen molar-refractivity contribution in [2.45, 2.75) is 199 Å². The zero-order valence-corrected chi connectivity index (χ0v) is 25.7. The SMILES string of the molecule is CCCCCCCCCCCCCCCCC(O)CCCCCCC/C=C\CCCCCCCCS. The monoisotopic (exact) mass is 524 g/mol. The first-order valence-corrected chi connectivity index (χ1v) is 17.4. The lowest BCUT2D eigenvalue weighted by molar-refractivity contribution is 0.147. The Morgan fingerprint density at radius 2 is 0.750 bits per heavy atom. The predicted octanol–water partition coefficient (Wildman–Crippen LogP) is 12.2. The van der Waals surface area contributed by atoms with E-state index in [1.165, 1.54) is 173 Å². The highest BCUT2D eigenvalue weighted by atomic mass is 32.1. The summed E-state index contributed by atoms with van der Waals surface area (Å²) in [7, 11) is 0. The molecule has 1 atom stereocenters. The van der Waals surface area contributed by atoms with Crippen molar-refractivity contribution < 1.29 is 5.11 Å². The van der Waals surface area contributed by atoms with Crippen LogP contribution in [0.25, 0.3) is 0 Å². The number of allylic oxidation sites excluding steroid dienone is 2. The molecule has 0 saturated carbocycles. The number of thiol groups is 1. The highest BCUT2D eigenvalue weighted by molar-refractivity contribution is 7.80. The molecule has 0 aliphatic heterocycles. The Balaban J connectivity index is 3.18. The summed E-state index contributed by atoms with van der Waals surface area (Å²) in [5.41, 5.74) is 0. The molecule has 1 N–H and O–H groups in total. The first-order chi connectivity index (χ1) is 17.8. The molecule has 0 bridgehead atoms. The molecule has 0 aromatic carbocycles. The van der Waals surface area contributed by atoms with Crippen LogP contribution in [-0.2, 0) is 0 Å². The quantitative estimate of drug-likeness (QED) is 0.0525. The van der Waals surface area contributed by atoms with Crippen LogP contribution in [0.2, 0.25) is 0 Å². The fourth-order valence-corrected chi connectivity index (χ4v) is 5.43. The van der Waals surface area contributed by atoms with E-state index in [4.69, 9.17) is 0 Å². The molecule has 1 nitrogen and oxygen atoms in total. The van der Waals surface area contributed by atoms with Gasteiger partial charge in [-0.1, -0.05) is 160 Å². The summed E-state index contributed by atoms with van der Waals surface area (Å²) in [4.78, 5) is 0. The van der Waals surface area contributed by atoms with Gasteiger partial charge in [-0.2, -0.15) is 12.6 Å². The summed E-state index contributed by atoms with van der Waals surface area (Å²) < 4.78 is 0. The van der Waals surface area contributed by atoms with Gasteiger partial charge in [-0.25, -0.2) is 0 Å². The average Bonchev–Trinajstić information content (AvgIpc) is 2.88. The van der Waals surface area contributed by atoms with Crippen LogP contribution in [0.5, 0.6) is 0 Å². The lowest BCUT2D eigenvalue weighted by Crippen LogP contribution is -2.05. The number of unbranched alkanes of at least 4 members (excludes halogenated alkanes) is 24. The van der Waals surface area contributed by atoms with E-state index in [2.05, 4.69) is 31.7 Å². The Bertz CT molecular complexity index is 408. The van der Waals surface area contributed by atoms with Crippen molar-refractivity contribution >= 4 is 12.6 Å². The van der Waals surface area contributed by atoms with Gasteiger partial charge in [0.05, 0.1) is 6.10 Å². The van der Waals surface area contributed by atoms with Gasteiger partial charge in [-0.05, 0) is 50.7 Å². The highest BCUT2D eigenvalue weighted by Crippen LogP contribution is 2.16. The molecule has 0 aliphatic rings. The van der Waals surface area contributed by atoms with Crippen LogP contribution in [0.3, 0.4) is 0 Å². The molecule has 0 rings (SSSR count). The first-order valence-electron chi connectivity index (χ1n) is 16.7. The second-order valence-corrected chi connectivity index (χ2v) is 11.9. The average molecular weight is 525 g/mol. The summed E-state index contributed by atoms with van der Waals surface area (Å²) in [6.07, 6.45) is 43.7. The topological polar surface area (TPSA) is 20.2 Å². The molecule has 0 amide bonds. The van der Waals surface area contributed by atoms with E-state index in [1.807, 2.05) is 0 Å². The Hall–Kier alpha value is 0.0500. The fraction of sp³-hybridized carbons (Fsp3) is 0.941. The Morgan fingerprint density at radius 1 is 0.444 bits per heavy atom. The molecule has 36 heavy (non-hydrogen) atoms. The van der Waals surface area contributed by atoms with E-state index >= 15 is 0 Å². The highest BCUT2D eigenvalue weighted by Gasteiger charge is 2.03. The van der Waals surface area contributed by atoms with Gasteiger partial charge >= 0.3 is 0 Å². The smallest absolute Gasteiger partial charge is 0.0540 e. The number of hydrogen-bond acceptors (Lipinski definition) is 2. The minimum absolute atomic E-state index is 0.0479. The van der Waals surface area contributed by atoms with Gasteiger partial charge in [0.25, 0.3) is 0 Å². The number of rotatable bonds is 31. The van der Waals surface area contributed by atoms with Crippen LogP contribution < -0.4 is 0 Å². The standard InChI is InChI=1S/C34H68OS/c1-2-3-4-5-6-7-8-9-13-16-19-22-25-28-31-34(35)32-29-26-23-20-17-14-11-10-12-15-18-21-24-27-30-33-36/h10-11,34-36H,2-9,12-33H2,1H3/b11-10-. The van der Waals surface area contributed by atoms with E-state index in [-0.39, 0.29) is 6.10 Å². The van der Waals surface area contributed by atoms with Gasteiger partial charge in [0.15, 0.2) is 0 Å². The van der Waals surface area contributed by atoms with Crippen molar-refractivity contribution in [1.82, 2.24) is 0 Å². The van der Waals surface area contributed by atoms with Crippen LogP contribution >= 0.6 is 12.6 Å². The first kappa shape index (κ1) is 36.0. The largest absolute Gasteiger partial charge is 0.393 e. The molecule has 0 fully saturated rings. The van der Waals surface area contributed by atoms with Crippen molar-refractivity contribution in [3.8, 4) is 0 Å². The molecule has 0 aromatic rings. The number of aliphatic hydroxyl groups excluding tert-OH is 1. The van der Waals surface area contributed by atoms with Gasteiger partial charge in [-0.15, -0.1) is 0 Å². The van der Waals surface area contributed by atoms with Crippen LogP contribution in [-0.4, -0.2) is 17.0 Å². The third-order valence-corrected chi connectivity index (χ3v) is 8.06. The zero-order chi connectivity index (χ0) is 26.2. The van der Waals surface area contributed by atoms with Gasteiger partial charge in [0.2, 0.25) is 0 Å². The third kappa shape index (κ3) is 32.1. The maximum Gasteiger partial charge on any atom is 0.0540 e. The molecule has 0 heterocycles. The van der Waals surface area contributed by atoms with Crippen molar-refractivity contribution in [2.75, 3.05) is 5.75 Å². The molecule has 0 spiro atoms. The lowest BCUT2D eigenvalue weighted by atomic mass is 10.0. The van der Waals surface area contributed by atoms with E-state index in [0.717, 1.165) is 18.6 Å². The van der Waals surface area contributed by atoms with E-state index in [9.17, 15) is 5.11 Å². The molecule has 1 unspecified atom stereocenters. The van der Waals surface area contributed by atoms with Crippen LogP contribution in [0.15, 0.2) is 12.2 Å². The van der Waals surface area contributed by atoms with Crippen LogP contribution in [0.1, 0.15) is 193 Å². The predicted molar refractivity (Wildman–Crippen MR) is 169 cm³/mol. The van der Waals surface area contributed by atoms with Gasteiger partial charge in [-0.3, -0.25) is 0 Å². The maximum atomic E-state index is 10.2. The fourth-order valence-electron chi connectivity index (χ4n) is 5.21. The molecular formula is C34H68OS. The third-order valence-electron chi connectivity index (χ3n) is 7.74. The zero-order valence-electron chi connectivity index (χ0n) is 24.8. The van der Waals surface area contributed by atoms with Crippen molar-refractivity contribution in [1.29, 1.82) is 0 Å². The summed E-state index contributed by atoms with van der Waals surface area (Å²) in [5, 5.41) is 10.2. The number of aliphatic hydroxyl groups is 1. The molecule has 2 heteroatoms. The Kier molecular flexibility index (Phi) is 33.1. The molecule has 0 aromatic heterocycles. The molecule has 0 saturated heterocycles. The van der Waals surface area contributed by atoms with Gasteiger partial charge < -0.3 is 5.11 Å². The summed E-state index contributed by atoms with van der Waals surface area (Å²) >= 11 is 4.27. The van der Waals surface area contributed by atoms with Crippen LogP contribution in [0, 0.1) is 0 Å². The van der Waals surface area contributed by atoms with Crippen molar-refractivity contribution in [2.24, 2.45) is 0 Å². The molecule has 0 aliphatic carbocycles. The maximum absolute atomic E-state index is 10.2. The minimum Gasteiger partial charge on any atom is -0.393 e. The normalized spacial score (nSPS) is 12.6. The molecule has 0 radical (unpaired) electrons. The second-order valence-electron chi connectivity index (χ2n) is 11.5. The van der Waals surface area contributed by atoms with Gasteiger partial charge in [0, 0.05) is 0 Å². The second kappa shape index (κ2) is 33.1. The summed E-state index contributed by atoms with van der Waals surface area (Å²) in [5.74, 6) is 1.05. The molecular weight excluding hydrogens is 456 g/mol. The van der Waals surface area contributed by atoms with E-state index < -0.39 is 0 Å². The lowest BCUT2D eigenvalue weighted by Gasteiger charge is -2.10. The number of hydrogen-bond donors (Lipinski definition) is 2. The van der Waals surface area contributed by atoms with Gasteiger partial charge in [0.1, 0.15) is 0 Å². The van der Waals surface area contributed by atoms with E-state index in [1.54, 1.807) is 0 Å². The van der Waals surface area contributed by atoms with Crippen molar-refractivity contribution in [3.63, 3.8) is 0 Å². The van der Waals surface area contributed by atoms with Crippen molar-refractivity contribution in [3.05, 3.63) is 12.2 Å². The summed E-state index contributed by atoms with van der Waals surface area (Å²) in [6, 6.07) is 0. The summed E-state index contributed by atoms with van der Waals surface area (Å²) in [6.45, 7) is 2.29.